The first-order chi connectivity index (χ1) is 4.53. The van der Waals surface area contributed by atoms with Crippen LogP contribution in [0.15, 0.2) is 0 Å². The first-order valence-corrected chi connectivity index (χ1v) is 3.06. The molecule has 58 valence electrons. The standard InChI is InChI=1S/C5H11N3O2/c1-5(7-8-5)2-3(6)4(9)10/h3,7-8H,2,6H2,1H3,(H,9,10). The molecule has 0 aliphatic carbocycles. The molecular formula is C5H11N3O2. The summed E-state index contributed by atoms with van der Waals surface area (Å²) in [7, 11) is 0. The van der Waals surface area contributed by atoms with Crippen molar-refractivity contribution in [2.75, 3.05) is 0 Å². The molecule has 1 saturated heterocycles. The monoisotopic (exact) mass is 145 g/mol. The Morgan fingerprint density at radius 2 is 2.30 bits per heavy atom. The summed E-state index contributed by atoms with van der Waals surface area (Å²) in [6.45, 7) is 1.86. The smallest absolute Gasteiger partial charge is 0.320 e. The summed E-state index contributed by atoms with van der Waals surface area (Å²) in [4.78, 5) is 10.2. The molecule has 0 spiro atoms. The minimum Gasteiger partial charge on any atom is -0.480 e. The van der Waals surface area contributed by atoms with Crippen LogP contribution in [0.2, 0.25) is 0 Å². The number of carboxylic acids is 1. The zero-order valence-electron chi connectivity index (χ0n) is 5.72. The minimum absolute atomic E-state index is 0.252. The van der Waals surface area contributed by atoms with Crippen LogP contribution in [0.3, 0.4) is 0 Å². The Labute approximate surface area is 58.6 Å². The van der Waals surface area contributed by atoms with E-state index in [4.69, 9.17) is 10.8 Å². The molecule has 1 unspecified atom stereocenters. The molecule has 1 aliphatic heterocycles. The molecule has 0 bridgehead atoms. The molecule has 5 heteroatoms. The van der Waals surface area contributed by atoms with E-state index in [0.29, 0.717) is 6.42 Å². The maximum atomic E-state index is 10.2. The fourth-order valence-corrected chi connectivity index (χ4v) is 0.736. The lowest BCUT2D eigenvalue weighted by Crippen LogP contribution is -2.35. The fourth-order valence-electron chi connectivity index (χ4n) is 0.736. The van der Waals surface area contributed by atoms with Crippen molar-refractivity contribution in [2.24, 2.45) is 5.73 Å². The summed E-state index contributed by atoms with van der Waals surface area (Å²) in [6, 6.07) is -0.785. The predicted molar refractivity (Wildman–Crippen MR) is 34.9 cm³/mol. The average Bonchev–Trinajstić information content (AvgIpc) is 2.47. The van der Waals surface area contributed by atoms with Crippen LogP contribution >= 0.6 is 0 Å². The number of rotatable bonds is 3. The van der Waals surface area contributed by atoms with Crippen LogP contribution in [-0.2, 0) is 4.79 Å². The van der Waals surface area contributed by atoms with Gasteiger partial charge in [0.2, 0.25) is 0 Å². The van der Waals surface area contributed by atoms with E-state index < -0.39 is 12.0 Å². The third-order valence-electron chi connectivity index (χ3n) is 1.50. The minimum atomic E-state index is -0.961. The lowest BCUT2D eigenvalue weighted by atomic mass is 10.1. The summed E-state index contributed by atoms with van der Waals surface area (Å²) in [5, 5.41) is 8.39. The summed E-state index contributed by atoms with van der Waals surface area (Å²) in [5.74, 6) is -0.961. The van der Waals surface area contributed by atoms with Gasteiger partial charge in [0.25, 0.3) is 0 Å². The fraction of sp³-hybridized carbons (Fsp3) is 0.800. The molecule has 0 aromatic carbocycles. The van der Waals surface area contributed by atoms with Crippen molar-refractivity contribution < 1.29 is 9.90 Å². The number of nitrogens with two attached hydrogens (primary N) is 1. The number of carboxylic acid groups (broad SMARTS) is 1. The highest BCUT2D eigenvalue weighted by atomic mass is 16.4. The largest absolute Gasteiger partial charge is 0.480 e. The summed E-state index contributed by atoms with van der Waals surface area (Å²) in [5.41, 5.74) is 10.6. The van der Waals surface area contributed by atoms with E-state index in [2.05, 4.69) is 10.9 Å². The van der Waals surface area contributed by atoms with Gasteiger partial charge in [0.05, 0.1) is 5.66 Å². The maximum absolute atomic E-state index is 10.2. The lowest BCUT2D eigenvalue weighted by Gasteiger charge is -2.07. The number of hydrazine groups is 1. The number of nitrogens with one attached hydrogen (secondary N) is 2. The first kappa shape index (κ1) is 7.46. The average molecular weight is 145 g/mol. The second kappa shape index (κ2) is 2.19. The van der Waals surface area contributed by atoms with Gasteiger partial charge in [-0.25, -0.2) is 10.9 Å². The van der Waals surface area contributed by atoms with Crippen molar-refractivity contribution in [2.45, 2.75) is 25.0 Å². The zero-order valence-corrected chi connectivity index (χ0v) is 5.72. The molecule has 1 aliphatic rings. The van der Waals surface area contributed by atoms with Gasteiger partial charge in [-0.2, -0.15) is 0 Å². The maximum Gasteiger partial charge on any atom is 0.320 e. The normalized spacial score (nSPS) is 23.8. The second-order valence-corrected chi connectivity index (χ2v) is 2.73. The molecule has 1 fully saturated rings. The molecule has 1 heterocycles. The number of hydrogen-bond acceptors (Lipinski definition) is 4. The third kappa shape index (κ3) is 1.66. The molecule has 1 rings (SSSR count). The molecule has 0 saturated carbocycles. The van der Waals surface area contributed by atoms with Crippen LogP contribution in [0.1, 0.15) is 13.3 Å². The highest BCUT2D eigenvalue weighted by Crippen LogP contribution is 2.14. The third-order valence-corrected chi connectivity index (χ3v) is 1.50. The van der Waals surface area contributed by atoms with Gasteiger partial charge in [-0.3, -0.25) is 4.79 Å². The second-order valence-electron chi connectivity index (χ2n) is 2.73. The molecule has 10 heavy (non-hydrogen) atoms. The van der Waals surface area contributed by atoms with Crippen molar-refractivity contribution in [3.8, 4) is 0 Å². The van der Waals surface area contributed by atoms with E-state index >= 15 is 0 Å². The Balaban J connectivity index is 2.31. The van der Waals surface area contributed by atoms with E-state index in [0.717, 1.165) is 0 Å². The highest BCUT2D eigenvalue weighted by Gasteiger charge is 2.39. The Morgan fingerprint density at radius 1 is 1.80 bits per heavy atom. The van der Waals surface area contributed by atoms with Crippen molar-refractivity contribution in [3.05, 3.63) is 0 Å². The van der Waals surface area contributed by atoms with E-state index in [1.165, 1.54) is 0 Å². The topological polar surface area (TPSA) is 107 Å². The van der Waals surface area contributed by atoms with Gasteiger partial charge in [-0.15, -0.1) is 0 Å². The van der Waals surface area contributed by atoms with Gasteiger partial charge in [0.1, 0.15) is 6.04 Å². The van der Waals surface area contributed by atoms with Crippen LogP contribution in [0.4, 0.5) is 0 Å². The molecule has 0 radical (unpaired) electrons. The van der Waals surface area contributed by atoms with E-state index in [1.807, 2.05) is 6.92 Å². The van der Waals surface area contributed by atoms with Gasteiger partial charge in [0, 0.05) is 6.42 Å². The van der Waals surface area contributed by atoms with Crippen LogP contribution in [0.5, 0.6) is 0 Å². The van der Waals surface area contributed by atoms with Gasteiger partial charge < -0.3 is 10.8 Å². The van der Waals surface area contributed by atoms with E-state index in [-0.39, 0.29) is 5.66 Å². The van der Waals surface area contributed by atoms with Gasteiger partial charge in [0.15, 0.2) is 0 Å². The predicted octanol–water partition coefficient (Wildman–Crippen LogP) is -1.39. The molecule has 0 aromatic heterocycles. The summed E-state index contributed by atoms with van der Waals surface area (Å²) < 4.78 is 0. The molecule has 1 atom stereocenters. The van der Waals surface area contributed by atoms with Crippen LogP contribution in [0, 0.1) is 0 Å². The SMILES string of the molecule is CC1(CC(N)C(=O)O)NN1. The molecule has 5 N–H and O–H groups in total. The molecule has 0 aromatic rings. The molecular weight excluding hydrogens is 134 g/mol. The first-order valence-electron chi connectivity index (χ1n) is 3.06. The Morgan fingerprint density at radius 3 is 2.60 bits per heavy atom. The van der Waals surface area contributed by atoms with Crippen molar-refractivity contribution in [1.29, 1.82) is 0 Å². The van der Waals surface area contributed by atoms with Crippen molar-refractivity contribution in [3.63, 3.8) is 0 Å². The van der Waals surface area contributed by atoms with Crippen LogP contribution in [0.25, 0.3) is 0 Å². The van der Waals surface area contributed by atoms with Gasteiger partial charge in [-0.05, 0) is 6.92 Å². The summed E-state index contributed by atoms with van der Waals surface area (Å²) >= 11 is 0. The van der Waals surface area contributed by atoms with Gasteiger partial charge >= 0.3 is 5.97 Å². The van der Waals surface area contributed by atoms with Crippen molar-refractivity contribution in [1.82, 2.24) is 10.9 Å². The Kier molecular flexibility index (Phi) is 1.63. The highest BCUT2D eigenvalue weighted by molar-refractivity contribution is 5.73. The van der Waals surface area contributed by atoms with Crippen molar-refractivity contribution >= 4 is 5.97 Å². The molecule has 5 nitrogen and oxygen atoms in total. The van der Waals surface area contributed by atoms with E-state index in [1.54, 1.807) is 0 Å². The number of carbonyl (C=O) groups is 1. The Bertz CT molecular complexity index is 155. The summed E-state index contributed by atoms with van der Waals surface area (Å²) in [6.07, 6.45) is 0.405. The van der Waals surface area contributed by atoms with Crippen LogP contribution < -0.4 is 16.6 Å². The number of aliphatic carboxylic acids is 1. The molecule has 0 amide bonds. The Hall–Kier alpha value is -0.650. The quantitative estimate of drug-likeness (QED) is 0.366. The van der Waals surface area contributed by atoms with E-state index in [9.17, 15) is 4.79 Å². The van der Waals surface area contributed by atoms with Gasteiger partial charge in [-0.1, -0.05) is 0 Å². The lowest BCUT2D eigenvalue weighted by molar-refractivity contribution is -0.138. The zero-order chi connectivity index (χ0) is 7.78. The van der Waals surface area contributed by atoms with Crippen LogP contribution in [-0.4, -0.2) is 22.8 Å². The number of hydrogen-bond donors (Lipinski definition) is 4.